The van der Waals surface area contributed by atoms with Gasteiger partial charge in [-0.3, -0.25) is 4.79 Å². The number of benzene rings is 1. The first-order valence-corrected chi connectivity index (χ1v) is 8.41. The van der Waals surface area contributed by atoms with Crippen LogP contribution in [0, 0.1) is 0 Å². The highest BCUT2D eigenvalue weighted by atomic mass is 32.2. The Morgan fingerprint density at radius 2 is 2.05 bits per heavy atom. The fourth-order valence-electron chi connectivity index (χ4n) is 2.22. The van der Waals surface area contributed by atoms with Gasteiger partial charge in [0.05, 0.1) is 5.75 Å². The molecule has 0 spiro atoms. The largest absolute Gasteiger partial charge is 0.325 e. The number of aromatic nitrogens is 3. The van der Waals surface area contributed by atoms with Crippen molar-refractivity contribution in [2.45, 2.75) is 38.3 Å². The van der Waals surface area contributed by atoms with Gasteiger partial charge in [-0.15, -0.1) is 10.2 Å². The molecule has 1 N–H and O–H groups in total. The van der Waals surface area contributed by atoms with Gasteiger partial charge in [0.15, 0.2) is 5.16 Å². The number of para-hydroxylation sites is 1. The molecule has 22 heavy (non-hydrogen) atoms. The number of hydrogen-bond donors (Lipinski definition) is 1. The van der Waals surface area contributed by atoms with Crippen LogP contribution in [0.25, 0.3) is 0 Å². The van der Waals surface area contributed by atoms with E-state index in [-0.39, 0.29) is 5.91 Å². The van der Waals surface area contributed by atoms with E-state index in [0.29, 0.717) is 11.7 Å². The monoisotopic (exact) mass is 318 g/mol. The van der Waals surface area contributed by atoms with E-state index in [1.165, 1.54) is 11.8 Å². The number of amides is 1. The average Bonchev–Trinajstić information content (AvgIpc) is 2.87. The van der Waals surface area contributed by atoms with Crippen molar-refractivity contribution in [3.63, 3.8) is 0 Å². The second-order valence-corrected chi connectivity index (χ2v) is 6.34. The highest BCUT2D eigenvalue weighted by Gasteiger charge is 2.14. The number of carbonyl (C=O) groups excluding carboxylic acids is 1. The van der Waals surface area contributed by atoms with Crippen LogP contribution >= 0.6 is 11.8 Å². The molecule has 0 aliphatic heterocycles. The van der Waals surface area contributed by atoms with Crippen LogP contribution in [0.3, 0.4) is 0 Å². The molecule has 0 fully saturated rings. The van der Waals surface area contributed by atoms with Crippen molar-refractivity contribution in [3.05, 3.63) is 35.7 Å². The molecule has 0 aliphatic rings. The van der Waals surface area contributed by atoms with E-state index in [1.54, 1.807) is 0 Å². The van der Waals surface area contributed by atoms with Crippen LogP contribution in [0.5, 0.6) is 0 Å². The van der Waals surface area contributed by atoms with Gasteiger partial charge in [0.1, 0.15) is 5.82 Å². The number of carbonyl (C=O) groups is 1. The Morgan fingerprint density at radius 1 is 1.32 bits per heavy atom. The lowest BCUT2D eigenvalue weighted by Crippen LogP contribution is -2.15. The van der Waals surface area contributed by atoms with Crippen molar-refractivity contribution < 1.29 is 4.79 Å². The van der Waals surface area contributed by atoms with E-state index in [2.05, 4.69) is 36.3 Å². The molecule has 1 aromatic carbocycles. The molecule has 6 heteroatoms. The molecule has 5 nitrogen and oxygen atoms in total. The molecule has 2 rings (SSSR count). The second-order valence-electron chi connectivity index (χ2n) is 5.40. The third-order valence-corrected chi connectivity index (χ3v) is 4.41. The minimum absolute atomic E-state index is 0.0278. The molecular weight excluding hydrogens is 296 g/mol. The predicted octanol–water partition coefficient (Wildman–Crippen LogP) is 3.23. The number of rotatable bonds is 6. The van der Waals surface area contributed by atoms with Crippen LogP contribution in [0.4, 0.5) is 5.69 Å². The van der Waals surface area contributed by atoms with E-state index in [0.717, 1.165) is 28.7 Å². The molecule has 0 saturated heterocycles. The van der Waals surface area contributed by atoms with Gasteiger partial charge in [-0.05, 0) is 18.1 Å². The molecule has 0 radical (unpaired) electrons. The van der Waals surface area contributed by atoms with Gasteiger partial charge >= 0.3 is 0 Å². The maximum Gasteiger partial charge on any atom is 0.234 e. The van der Waals surface area contributed by atoms with Crippen LogP contribution in [0.1, 0.15) is 38.1 Å². The first kappa shape index (κ1) is 16.5. The Balaban J connectivity index is 1.96. The van der Waals surface area contributed by atoms with Gasteiger partial charge in [0, 0.05) is 18.7 Å². The highest BCUT2D eigenvalue weighted by Crippen LogP contribution is 2.21. The number of nitrogens with zero attached hydrogens (tertiary/aromatic N) is 3. The summed E-state index contributed by atoms with van der Waals surface area (Å²) >= 11 is 1.40. The van der Waals surface area contributed by atoms with Gasteiger partial charge in [0.2, 0.25) is 5.91 Å². The SMILES string of the molecule is CCc1ccccc1NC(=O)CSc1nnc(C(C)C)n1C. The molecule has 2 aromatic rings. The summed E-state index contributed by atoms with van der Waals surface area (Å²) in [7, 11) is 1.93. The van der Waals surface area contributed by atoms with Crippen molar-refractivity contribution in [3.8, 4) is 0 Å². The highest BCUT2D eigenvalue weighted by molar-refractivity contribution is 7.99. The predicted molar refractivity (Wildman–Crippen MR) is 90.3 cm³/mol. The zero-order chi connectivity index (χ0) is 16.1. The van der Waals surface area contributed by atoms with Crippen LogP contribution in [0.15, 0.2) is 29.4 Å². The van der Waals surface area contributed by atoms with E-state index in [9.17, 15) is 4.79 Å². The summed E-state index contributed by atoms with van der Waals surface area (Å²) < 4.78 is 1.95. The summed E-state index contributed by atoms with van der Waals surface area (Å²) in [5.41, 5.74) is 2.03. The van der Waals surface area contributed by atoms with Crippen molar-refractivity contribution in [2.75, 3.05) is 11.1 Å². The summed E-state index contributed by atoms with van der Waals surface area (Å²) in [6.07, 6.45) is 0.893. The standard InChI is InChI=1S/C16H22N4OS/c1-5-12-8-6-7-9-13(12)17-14(21)10-22-16-19-18-15(11(2)3)20(16)4/h6-9,11H,5,10H2,1-4H3,(H,17,21). The first-order chi connectivity index (χ1) is 10.5. The fourth-order valence-corrected chi connectivity index (χ4v) is 2.94. The van der Waals surface area contributed by atoms with E-state index < -0.39 is 0 Å². The number of hydrogen-bond acceptors (Lipinski definition) is 4. The molecule has 1 amide bonds. The molecular formula is C16H22N4OS. The number of nitrogens with one attached hydrogen (secondary N) is 1. The van der Waals surface area contributed by atoms with Crippen LogP contribution < -0.4 is 5.32 Å². The van der Waals surface area contributed by atoms with Crippen LogP contribution in [-0.4, -0.2) is 26.4 Å². The van der Waals surface area contributed by atoms with Crippen molar-refractivity contribution in [2.24, 2.45) is 7.05 Å². The van der Waals surface area contributed by atoms with E-state index in [4.69, 9.17) is 0 Å². The van der Waals surface area contributed by atoms with Gasteiger partial charge < -0.3 is 9.88 Å². The fraction of sp³-hybridized carbons (Fsp3) is 0.438. The van der Waals surface area contributed by atoms with E-state index in [1.807, 2.05) is 35.9 Å². The zero-order valence-electron chi connectivity index (χ0n) is 13.5. The molecule has 0 bridgehead atoms. The second kappa shape index (κ2) is 7.45. The normalized spacial score (nSPS) is 11.0. The lowest BCUT2D eigenvalue weighted by molar-refractivity contribution is -0.113. The smallest absolute Gasteiger partial charge is 0.234 e. The maximum atomic E-state index is 12.1. The van der Waals surface area contributed by atoms with Crippen LogP contribution in [-0.2, 0) is 18.3 Å². The summed E-state index contributed by atoms with van der Waals surface area (Å²) in [6.45, 7) is 6.23. The van der Waals surface area contributed by atoms with Crippen molar-refractivity contribution in [1.82, 2.24) is 14.8 Å². The third kappa shape index (κ3) is 3.88. The summed E-state index contributed by atoms with van der Waals surface area (Å²) in [6, 6.07) is 7.87. The Labute approximate surface area is 135 Å². The summed E-state index contributed by atoms with van der Waals surface area (Å²) in [5, 5.41) is 12.0. The quantitative estimate of drug-likeness (QED) is 0.831. The molecule has 0 saturated carbocycles. The number of anilines is 1. The van der Waals surface area contributed by atoms with Gasteiger partial charge in [-0.1, -0.05) is 50.7 Å². The molecule has 1 heterocycles. The third-order valence-electron chi connectivity index (χ3n) is 3.39. The molecule has 0 aliphatic carbocycles. The lowest BCUT2D eigenvalue weighted by Gasteiger charge is -2.09. The minimum Gasteiger partial charge on any atom is -0.325 e. The number of aryl methyl sites for hydroxylation is 1. The van der Waals surface area contributed by atoms with Crippen LogP contribution in [0.2, 0.25) is 0 Å². The summed E-state index contributed by atoms with van der Waals surface area (Å²) in [5.74, 6) is 1.54. The summed E-state index contributed by atoms with van der Waals surface area (Å²) in [4.78, 5) is 12.1. The zero-order valence-corrected chi connectivity index (χ0v) is 14.3. The molecule has 118 valence electrons. The Bertz CT molecular complexity index is 651. The average molecular weight is 318 g/mol. The maximum absolute atomic E-state index is 12.1. The lowest BCUT2D eigenvalue weighted by atomic mass is 10.1. The Hall–Kier alpha value is -1.82. The molecule has 0 unspecified atom stereocenters. The minimum atomic E-state index is -0.0278. The van der Waals surface area contributed by atoms with Gasteiger partial charge in [-0.25, -0.2) is 0 Å². The van der Waals surface area contributed by atoms with E-state index >= 15 is 0 Å². The van der Waals surface area contributed by atoms with Crippen molar-refractivity contribution in [1.29, 1.82) is 0 Å². The number of thioether (sulfide) groups is 1. The topological polar surface area (TPSA) is 59.8 Å². The Morgan fingerprint density at radius 3 is 2.68 bits per heavy atom. The first-order valence-electron chi connectivity index (χ1n) is 7.42. The van der Waals surface area contributed by atoms with Crippen molar-refractivity contribution >= 4 is 23.4 Å². The molecule has 0 atom stereocenters. The van der Waals surface area contributed by atoms with Gasteiger partial charge in [0.25, 0.3) is 0 Å². The molecule has 1 aromatic heterocycles. The Kier molecular flexibility index (Phi) is 5.60. The van der Waals surface area contributed by atoms with Gasteiger partial charge in [-0.2, -0.15) is 0 Å².